The Morgan fingerprint density at radius 2 is 2.04 bits per heavy atom. The van der Waals surface area contributed by atoms with E-state index in [4.69, 9.17) is 0 Å². The average Bonchev–Trinajstić information content (AvgIpc) is 2.92. The molecule has 0 radical (unpaired) electrons. The quantitative estimate of drug-likeness (QED) is 0.801. The average molecular weight is 327 g/mol. The summed E-state index contributed by atoms with van der Waals surface area (Å²) in [5.74, 6) is -0.246. The summed E-state index contributed by atoms with van der Waals surface area (Å²) in [5, 5.41) is 3.36. The van der Waals surface area contributed by atoms with E-state index in [1.165, 1.54) is 27.8 Å². The van der Waals surface area contributed by atoms with Gasteiger partial charge in [-0.15, -0.1) is 11.3 Å². The minimum Gasteiger partial charge on any atom is -0.325 e. The number of amides is 1. The zero-order chi connectivity index (χ0) is 16.4. The van der Waals surface area contributed by atoms with Crippen LogP contribution in [0, 0.1) is 6.92 Å². The third-order valence-corrected chi connectivity index (χ3v) is 4.56. The van der Waals surface area contributed by atoms with E-state index in [1.807, 2.05) is 37.3 Å². The van der Waals surface area contributed by atoms with Crippen molar-refractivity contribution in [2.45, 2.75) is 26.8 Å². The van der Waals surface area contributed by atoms with Gasteiger partial charge in [0.25, 0.3) is 5.56 Å². The molecule has 6 heteroatoms. The summed E-state index contributed by atoms with van der Waals surface area (Å²) in [7, 11) is 0. The first-order valence-electron chi connectivity index (χ1n) is 7.41. The number of hydrogen-bond acceptors (Lipinski definition) is 4. The maximum absolute atomic E-state index is 12.4. The molecular formula is C17H17N3O2S. The Bertz CT molecular complexity index is 910. The third-order valence-electron chi connectivity index (χ3n) is 3.60. The molecule has 1 amide bonds. The van der Waals surface area contributed by atoms with E-state index in [9.17, 15) is 9.59 Å². The Balaban J connectivity index is 1.77. The molecule has 0 saturated carbocycles. The second kappa shape index (κ2) is 6.34. The van der Waals surface area contributed by atoms with Gasteiger partial charge in [0.05, 0.1) is 11.7 Å². The zero-order valence-corrected chi connectivity index (χ0v) is 13.8. The zero-order valence-electron chi connectivity index (χ0n) is 13.0. The number of carbonyl (C=O) groups is 1. The van der Waals surface area contributed by atoms with Gasteiger partial charge < -0.3 is 5.32 Å². The highest BCUT2D eigenvalue weighted by molar-refractivity contribution is 7.18. The SMILES string of the molecule is CCc1ccc(NC(=O)Cn2cnc3sc(C)cc3c2=O)cc1. The number of carbonyl (C=O) groups excluding carboxylic acids is 1. The molecule has 23 heavy (non-hydrogen) atoms. The fourth-order valence-corrected chi connectivity index (χ4v) is 3.21. The molecule has 0 unspecified atom stereocenters. The van der Waals surface area contributed by atoms with Gasteiger partial charge in [-0.25, -0.2) is 4.98 Å². The molecule has 2 heterocycles. The Hall–Kier alpha value is -2.47. The number of rotatable bonds is 4. The number of hydrogen-bond donors (Lipinski definition) is 1. The summed E-state index contributed by atoms with van der Waals surface area (Å²) in [4.78, 5) is 30.5. The second-order valence-corrected chi connectivity index (χ2v) is 6.59. The predicted molar refractivity (Wildman–Crippen MR) is 93.1 cm³/mol. The van der Waals surface area contributed by atoms with Crippen LogP contribution in [-0.2, 0) is 17.8 Å². The predicted octanol–water partition coefficient (Wildman–Crippen LogP) is 2.97. The van der Waals surface area contributed by atoms with Crippen molar-refractivity contribution in [1.29, 1.82) is 0 Å². The molecule has 1 aromatic carbocycles. The molecule has 5 nitrogen and oxygen atoms in total. The number of benzene rings is 1. The third kappa shape index (κ3) is 3.32. The number of nitrogens with one attached hydrogen (secondary N) is 1. The van der Waals surface area contributed by atoms with Gasteiger partial charge in [0.1, 0.15) is 11.4 Å². The van der Waals surface area contributed by atoms with Crippen molar-refractivity contribution >= 4 is 33.1 Å². The molecule has 118 valence electrons. The fraction of sp³-hybridized carbons (Fsp3) is 0.235. The number of anilines is 1. The van der Waals surface area contributed by atoms with E-state index >= 15 is 0 Å². The maximum atomic E-state index is 12.4. The number of fused-ring (bicyclic) bond motifs is 1. The highest BCUT2D eigenvalue weighted by Crippen LogP contribution is 2.19. The largest absolute Gasteiger partial charge is 0.325 e. The smallest absolute Gasteiger partial charge is 0.262 e. The molecular weight excluding hydrogens is 310 g/mol. The van der Waals surface area contributed by atoms with Crippen LogP contribution in [0.25, 0.3) is 10.2 Å². The summed E-state index contributed by atoms with van der Waals surface area (Å²) in [6.45, 7) is 3.96. The van der Waals surface area contributed by atoms with Crippen LogP contribution in [0.2, 0.25) is 0 Å². The van der Waals surface area contributed by atoms with Gasteiger partial charge in [-0.1, -0.05) is 19.1 Å². The van der Waals surface area contributed by atoms with E-state index in [0.29, 0.717) is 10.2 Å². The minimum atomic E-state index is -0.246. The lowest BCUT2D eigenvalue weighted by atomic mass is 10.1. The topological polar surface area (TPSA) is 64.0 Å². The van der Waals surface area contributed by atoms with E-state index < -0.39 is 0 Å². The van der Waals surface area contributed by atoms with Gasteiger partial charge in [0.2, 0.25) is 5.91 Å². The van der Waals surface area contributed by atoms with Gasteiger partial charge in [0, 0.05) is 10.6 Å². The number of aryl methyl sites for hydroxylation is 2. The molecule has 1 N–H and O–H groups in total. The van der Waals surface area contributed by atoms with Crippen molar-refractivity contribution in [3.05, 3.63) is 57.5 Å². The normalized spacial score (nSPS) is 10.9. The van der Waals surface area contributed by atoms with Crippen LogP contribution in [0.5, 0.6) is 0 Å². The summed E-state index contributed by atoms with van der Waals surface area (Å²) < 4.78 is 1.34. The van der Waals surface area contributed by atoms with Crippen LogP contribution in [0.1, 0.15) is 17.4 Å². The molecule has 0 saturated heterocycles. The summed E-state index contributed by atoms with van der Waals surface area (Å²) in [5.41, 5.74) is 1.75. The van der Waals surface area contributed by atoms with Gasteiger partial charge in [-0.2, -0.15) is 0 Å². The Kier molecular flexibility index (Phi) is 4.25. The lowest BCUT2D eigenvalue weighted by Gasteiger charge is -2.07. The van der Waals surface area contributed by atoms with Crippen molar-refractivity contribution in [2.24, 2.45) is 0 Å². The van der Waals surface area contributed by atoms with Gasteiger partial charge in [0.15, 0.2) is 0 Å². The molecule has 0 spiro atoms. The number of nitrogens with zero attached hydrogens (tertiary/aromatic N) is 2. The molecule has 0 atom stereocenters. The van der Waals surface area contributed by atoms with Crippen LogP contribution in [0.3, 0.4) is 0 Å². The van der Waals surface area contributed by atoms with Crippen molar-refractivity contribution in [3.63, 3.8) is 0 Å². The molecule has 3 aromatic rings. The molecule has 0 bridgehead atoms. The highest BCUT2D eigenvalue weighted by atomic mass is 32.1. The molecule has 0 aliphatic carbocycles. The number of thiophene rings is 1. The van der Waals surface area contributed by atoms with Gasteiger partial charge in [-0.3, -0.25) is 14.2 Å². The summed E-state index contributed by atoms with van der Waals surface area (Å²) >= 11 is 1.47. The Morgan fingerprint density at radius 3 is 2.74 bits per heavy atom. The van der Waals surface area contributed by atoms with Crippen LogP contribution >= 0.6 is 11.3 Å². The molecule has 2 aromatic heterocycles. The summed E-state index contributed by atoms with van der Waals surface area (Å²) in [6.07, 6.45) is 2.38. The van der Waals surface area contributed by atoms with Crippen LogP contribution in [-0.4, -0.2) is 15.5 Å². The Morgan fingerprint density at radius 1 is 1.30 bits per heavy atom. The Labute approximate surface area is 137 Å². The first-order chi connectivity index (χ1) is 11.1. The van der Waals surface area contributed by atoms with Crippen LogP contribution < -0.4 is 10.9 Å². The molecule has 0 fully saturated rings. The van der Waals surface area contributed by atoms with Crippen molar-refractivity contribution < 1.29 is 4.79 Å². The maximum Gasteiger partial charge on any atom is 0.262 e. The van der Waals surface area contributed by atoms with Gasteiger partial charge >= 0.3 is 0 Å². The fourth-order valence-electron chi connectivity index (χ4n) is 2.37. The lowest BCUT2D eigenvalue weighted by molar-refractivity contribution is -0.116. The lowest BCUT2D eigenvalue weighted by Crippen LogP contribution is -2.27. The summed E-state index contributed by atoms with van der Waals surface area (Å²) in [6, 6.07) is 9.49. The van der Waals surface area contributed by atoms with E-state index in [2.05, 4.69) is 17.2 Å². The first kappa shape index (κ1) is 15.4. The molecule has 0 aliphatic heterocycles. The highest BCUT2D eigenvalue weighted by Gasteiger charge is 2.10. The standard InChI is InChI=1S/C17H17N3O2S/c1-3-12-4-6-13(7-5-12)19-15(21)9-20-10-18-16-14(17(20)22)8-11(2)23-16/h4-8,10H,3,9H2,1-2H3,(H,19,21). The molecule has 3 rings (SSSR count). The van der Waals surface area contributed by atoms with E-state index in [-0.39, 0.29) is 18.0 Å². The monoisotopic (exact) mass is 327 g/mol. The van der Waals surface area contributed by atoms with Crippen LogP contribution in [0.4, 0.5) is 5.69 Å². The van der Waals surface area contributed by atoms with Crippen molar-refractivity contribution in [1.82, 2.24) is 9.55 Å². The van der Waals surface area contributed by atoms with Crippen molar-refractivity contribution in [2.75, 3.05) is 5.32 Å². The van der Waals surface area contributed by atoms with E-state index in [0.717, 1.165) is 17.0 Å². The van der Waals surface area contributed by atoms with Crippen LogP contribution in [0.15, 0.2) is 41.5 Å². The van der Waals surface area contributed by atoms with Crippen molar-refractivity contribution in [3.8, 4) is 0 Å². The second-order valence-electron chi connectivity index (χ2n) is 5.35. The molecule has 0 aliphatic rings. The minimum absolute atomic E-state index is 0.0494. The first-order valence-corrected chi connectivity index (χ1v) is 8.23. The number of aromatic nitrogens is 2. The van der Waals surface area contributed by atoms with E-state index in [1.54, 1.807) is 0 Å². The van der Waals surface area contributed by atoms with Gasteiger partial charge in [-0.05, 0) is 37.1 Å².